The number of hydrogen-bond donors (Lipinski definition) is 0. The SMILES string of the molecule is Cc1ccc2oc3cc(-n4c5[c-]c(Oc6[c-]c(N7C=CN(c8ccccc8)[CH-]7)cc(C(C)(C)C)c6)ccc5c5ccccc54)ncc3c2c1.[Pt]. The molecule has 0 atom stereocenters. The van der Waals surface area contributed by atoms with Crippen LogP contribution in [-0.4, -0.2) is 9.55 Å². The van der Waals surface area contributed by atoms with Crippen LogP contribution in [0.1, 0.15) is 31.9 Å². The Morgan fingerprint density at radius 1 is 0.720 bits per heavy atom. The zero-order valence-electron chi connectivity index (χ0n) is 28.0. The van der Waals surface area contributed by atoms with Crippen LogP contribution in [0.3, 0.4) is 0 Å². The summed E-state index contributed by atoms with van der Waals surface area (Å²) in [7, 11) is 0. The van der Waals surface area contributed by atoms with Crippen molar-refractivity contribution in [1.82, 2.24) is 9.55 Å². The molecule has 0 bridgehead atoms. The van der Waals surface area contributed by atoms with Crippen LogP contribution in [0.4, 0.5) is 11.4 Å². The molecule has 7 heteroatoms. The molecule has 0 N–H and O–H groups in total. The molecule has 1 aliphatic heterocycles. The zero-order valence-corrected chi connectivity index (χ0v) is 30.3. The van der Waals surface area contributed by atoms with E-state index in [1.54, 1.807) is 0 Å². The summed E-state index contributed by atoms with van der Waals surface area (Å²) in [6, 6.07) is 42.3. The minimum Gasteiger partial charge on any atom is -0.509 e. The summed E-state index contributed by atoms with van der Waals surface area (Å²) in [5.74, 6) is 1.97. The Hall–Kier alpha value is -5.32. The molecule has 1 aliphatic rings. The minimum absolute atomic E-state index is 0. The van der Waals surface area contributed by atoms with Crippen molar-refractivity contribution in [2.75, 3.05) is 9.80 Å². The molecule has 5 aromatic carbocycles. The van der Waals surface area contributed by atoms with Crippen molar-refractivity contribution in [2.45, 2.75) is 33.1 Å². The van der Waals surface area contributed by atoms with Crippen molar-refractivity contribution in [3.05, 3.63) is 152 Å². The van der Waals surface area contributed by atoms with Gasteiger partial charge in [-0.25, -0.2) is 4.98 Å². The average molecular weight is 833 g/mol. The van der Waals surface area contributed by atoms with Crippen LogP contribution >= 0.6 is 0 Å². The summed E-state index contributed by atoms with van der Waals surface area (Å²) in [4.78, 5) is 9.12. The van der Waals surface area contributed by atoms with Crippen LogP contribution < -0.4 is 14.5 Å². The summed E-state index contributed by atoms with van der Waals surface area (Å²) in [6.07, 6.45) is 6.00. The van der Waals surface area contributed by atoms with Gasteiger partial charge in [0.15, 0.2) is 0 Å². The Morgan fingerprint density at radius 3 is 2.36 bits per heavy atom. The molecule has 0 unspecified atom stereocenters. The smallest absolute Gasteiger partial charge is 0.140 e. The number of para-hydroxylation sites is 2. The van der Waals surface area contributed by atoms with Crippen molar-refractivity contribution < 1.29 is 30.2 Å². The number of nitrogens with zero attached hydrogens (tertiary/aromatic N) is 4. The van der Waals surface area contributed by atoms with E-state index in [-0.39, 0.29) is 26.5 Å². The Kier molecular flexibility index (Phi) is 7.80. The molecular weight excluding hydrogens is 800 g/mol. The average Bonchev–Trinajstić information content (AvgIpc) is 3.82. The van der Waals surface area contributed by atoms with Crippen LogP contribution in [0.15, 0.2) is 126 Å². The van der Waals surface area contributed by atoms with Gasteiger partial charge in [-0.1, -0.05) is 74.3 Å². The molecule has 0 aliphatic carbocycles. The maximum absolute atomic E-state index is 6.60. The number of aromatic nitrogens is 2. The number of furan rings is 1. The molecule has 3 aromatic heterocycles. The molecular formula is C43H33N4O2Pt-3. The van der Waals surface area contributed by atoms with Gasteiger partial charge in [-0.05, 0) is 60.5 Å². The molecule has 9 rings (SSSR count). The standard InChI is InChI=1S/C43H33N4O2.Pt/c1-28-14-17-40-36(20-28)37-26-44-42(25-41(37)49-40)47-38-13-9-8-12-34(38)35-16-15-32(24-39(35)47)48-33-22-29(43(2,3)4)21-31(23-33)46-19-18-45(27-46)30-10-6-5-7-11-30;/h5-22,25-27H,1-4H3;/q-3;. The Bertz CT molecular complexity index is 2580. The molecule has 8 aromatic rings. The molecule has 0 saturated carbocycles. The molecule has 6 nitrogen and oxygen atoms in total. The molecule has 0 fully saturated rings. The number of hydrogen-bond acceptors (Lipinski definition) is 5. The third-order valence-electron chi connectivity index (χ3n) is 9.17. The second-order valence-electron chi connectivity index (χ2n) is 13.6. The normalized spacial score (nSPS) is 13.2. The van der Waals surface area contributed by atoms with Gasteiger partial charge in [-0.3, -0.25) is 0 Å². The second kappa shape index (κ2) is 12.2. The largest absolute Gasteiger partial charge is 0.509 e. The number of rotatable bonds is 5. The summed E-state index contributed by atoms with van der Waals surface area (Å²) in [6.45, 7) is 10.8. The first-order valence-electron chi connectivity index (χ1n) is 16.4. The summed E-state index contributed by atoms with van der Waals surface area (Å²) < 4.78 is 15.0. The van der Waals surface area contributed by atoms with E-state index >= 15 is 0 Å². The summed E-state index contributed by atoms with van der Waals surface area (Å²) in [5.41, 5.74) is 7.76. The number of anilines is 2. The third-order valence-corrected chi connectivity index (χ3v) is 9.17. The Balaban J connectivity index is 0.00000361. The monoisotopic (exact) mass is 832 g/mol. The first-order valence-corrected chi connectivity index (χ1v) is 16.4. The van der Waals surface area contributed by atoms with Gasteiger partial charge in [0.25, 0.3) is 0 Å². The topological polar surface area (TPSA) is 46.7 Å². The van der Waals surface area contributed by atoms with Crippen molar-refractivity contribution in [3.63, 3.8) is 0 Å². The van der Waals surface area contributed by atoms with E-state index in [1.165, 1.54) is 5.56 Å². The van der Waals surface area contributed by atoms with E-state index in [9.17, 15) is 0 Å². The van der Waals surface area contributed by atoms with E-state index in [1.807, 2.05) is 55.0 Å². The van der Waals surface area contributed by atoms with E-state index in [0.29, 0.717) is 11.5 Å². The fourth-order valence-electron chi connectivity index (χ4n) is 6.59. The fraction of sp³-hybridized carbons (Fsp3) is 0.116. The van der Waals surface area contributed by atoms with Gasteiger partial charge in [-0.2, -0.15) is 6.07 Å². The summed E-state index contributed by atoms with van der Waals surface area (Å²) in [5, 5.41) is 4.25. The first-order chi connectivity index (χ1) is 23.8. The quantitative estimate of drug-likeness (QED) is 0.162. The van der Waals surface area contributed by atoms with E-state index in [0.717, 1.165) is 66.5 Å². The van der Waals surface area contributed by atoms with Crippen molar-refractivity contribution in [1.29, 1.82) is 0 Å². The van der Waals surface area contributed by atoms with Crippen LogP contribution in [0.5, 0.6) is 11.5 Å². The maximum atomic E-state index is 6.60. The van der Waals surface area contributed by atoms with Gasteiger partial charge in [0.05, 0.1) is 0 Å². The Labute approximate surface area is 305 Å². The van der Waals surface area contributed by atoms with E-state index in [2.05, 4.69) is 128 Å². The molecule has 250 valence electrons. The van der Waals surface area contributed by atoms with Crippen LogP contribution in [-0.2, 0) is 26.5 Å². The van der Waals surface area contributed by atoms with Gasteiger partial charge >= 0.3 is 0 Å². The molecule has 50 heavy (non-hydrogen) atoms. The van der Waals surface area contributed by atoms with Crippen LogP contribution in [0.2, 0.25) is 0 Å². The predicted molar refractivity (Wildman–Crippen MR) is 198 cm³/mol. The minimum atomic E-state index is -0.107. The van der Waals surface area contributed by atoms with Crippen molar-refractivity contribution in [3.8, 4) is 17.3 Å². The molecule has 4 heterocycles. The van der Waals surface area contributed by atoms with Gasteiger partial charge in [-0.15, -0.1) is 53.6 Å². The van der Waals surface area contributed by atoms with E-state index < -0.39 is 0 Å². The van der Waals surface area contributed by atoms with Gasteiger partial charge < -0.3 is 23.5 Å². The molecule has 0 amide bonds. The maximum Gasteiger partial charge on any atom is 0.140 e. The van der Waals surface area contributed by atoms with E-state index in [4.69, 9.17) is 14.1 Å². The predicted octanol–water partition coefficient (Wildman–Crippen LogP) is 11.0. The number of aryl methyl sites for hydroxylation is 1. The van der Waals surface area contributed by atoms with Crippen LogP contribution in [0, 0.1) is 25.7 Å². The number of benzene rings is 5. The third kappa shape index (κ3) is 5.54. The zero-order chi connectivity index (χ0) is 33.3. The first kappa shape index (κ1) is 31.9. The molecule has 0 spiro atoms. The number of fused-ring (bicyclic) bond motifs is 6. The number of pyridine rings is 1. The van der Waals surface area contributed by atoms with Crippen molar-refractivity contribution >= 4 is 55.1 Å². The molecule has 0 saturated heterocycles. The van der Waals surface area contributed by atoms with Gasteiger partial charge in [0.2, 0.25) is 0 Å². The Morgan fingerprint density at radius 2 is 1.52 bits per heavy atom. The van der Waals surface area contributed by atoms with Gasteiger partial charge in [0, 0.05) is 66.8 Å². The van der Waals surface area contributed by atoms with Crippen LogP contribution in [0.25, 0.3) is 49.6 Å². The molecule has 0 radical (unpaired) electrons. The second-order valence-corrected chi connectivity index (χ2v) is 13.6. The summed E-state index contributed by atoms with van der Waals surface area (Å²) >= 11 is 0. The number of ether oxygens (including phenoxy) is 1. The van der Waals surface area contributed by atoms with Crippen molar-refractivity contribution in [2.24, 2.45) is 0 Å². The van der Waals surface area contributed by atoms with Gasteiger partial charge in [0.1, 0.15) is 17.0 Å². The fourth-order valence-corrected chi connectivity index (χ4v) is 6.59.